The average molecular weight is 360 g/mol. The van der Waals surface area contributed by atoms with Crippen LogP contribution in [0.15, 0.2) is 51.9 Å². The summed E-state index contributed by atoms with van der Waals surface area (Å²) >= 11 is 0. The third-order valence-electron chi connectivity index (χ3n) is 4.00. The molecule has 7 heteroatoms. The van der Waals surface area contributed by atoms with Crippen molar-refractivity contribution in [3.8, 4) is 22.5 Å². The molecule has 0 fully saturated rings. The molecule has 2 aromatic carbocycles. The number of nitrogens with two attached hydrogens (primary N) is 1. The Kier molecular flexibility index (Phi) is 4.45. The Morgan fingerprint density at radius 2 is 1.76 bits per heavy atom. The van der Waals surface area contributed by atoms with Gasteiger partial charge >= 0.3 is 0 Å². The lowest BCUT2D eigenvalue weighted by atomic mass is 9.98. The van der Waals surface area contributed by atoms with Crippen molar-refractivity contribution in [2.45, 2.75) is 25.2 Å². The minimum atomic E-state index is -3.77. The molecular formula is C18H17FN2O3S. The third kappa shape index (κ3) is 3.33. The van der Waals surface area contributed by atoms with Gasteiger partial charge in [-0.2, -0.15) is 0 Å². The van der Waals surface area contributed by atoms with E-state index in [1.165, 1.54) is 18.2 Å². The Labute approximate surface area is 145 Å². The van der Waals surface area contributed by atoms with E-state index in [4.69, 9.17) is 9.66 Å². The predicted molar refractivity (Wildman–Crippen MR) is 92.8 cm³/mol. The molecule has 1 aromatic heterocycles. The van der Waals surface area contributed by atoms with Crippen LogP contribution in [0.3, 0.4) is 0 Å². The summed E-state index contributed by atoms with van der Waals surface area (Å²) in [7, 11) is -3.77. The summed E-state index contributed by atoms with van der Waals surface area (Å²) in [6.45, 7) is 3.61. The summed E-state index contributed by atoms with van der Waals surface area (Å²) in [5, 5.41) is 9.20. The summed E-state index contributed by atoms with van der Waals surface area (Å²) in [5.41, 5.74) is 3.26. The highest BCUT2D eigenvalue weighted by Gasteiger charge is 2.20. The Morgan fingerprint density at radius 3 is 2.32 bits per heavy atom. The smallest absolute Gasteiger partial charge is 0.238 e. The lowest BCUT2D eigenvalue weighted by Gasteiger charge is -2.06. The molecule has 0 saturated heterocycles. The van der Waals surface area contributed by atoms with Gasteiger partial charge in [-0.1, -0.05) is 36.3 Å². The van der Waals surface area contributed by atoms with Gasteiger partial charge in [-0.3, -0.25) is 0 Å². The van der Waals surface area contributed by atoms with Gasteiger partial charge in [-0.05, 0) is 42.7 Å². The highest BCUT2D eigenvalue weighted by atomic mass is 32.2. The number of sulfonamides is 1. The summed E-state index contributed by atoms with van der Waals surface area (Å²) in [6.07, 6.45) is 0.615. The Hall–Kier alpha value is -2.51. The van der Waals surface area contributed by atoms with Crippen molar-refractivity contribution in [2.24, 2.45) is 5.14 Å². The first-order chi connectivity index (χ1) is 11.8. The molecule has 2 N–H and O–H groups in total. The number of rotatable bonds is 4. The molecule has 0 spiro atoms. The molecule has 0 atom stereocenters. The minimum absolute atomic E-state index is 0.0219. The zero-order valence-corrected chi connectivity index (χ0v) is 14.6. The Bertz CT molecular complexity index is 1020. The van der Waals surface area contributed by atoms with Gasteiger partial charge in [0.1, 0.15) is 5.82 Å². The van der Waals surface area contributed by atoms with Gasteiger partial charge in [0.2, 0.25) is 10.0 Å². The number of primary sulfonamides is 1. The van der Waals surface area contributed by atoms with E-state index < -0.39 is 10.0 Å². The van der Waals surface area contributed by atoms with Gasteiger partial charge in [-0.15, -0.1) is 0 Å². The van der Waals surface area contributed by atoms with Gasteiger partial charge in [0.15, 0.2) is 5.76 Å². The molecule has 130 valence electrons. The highest BCUT2D eigenvalue weighted by Crippen LogP contribution is 2.36. The van der Waals surface area contributed by atoms with Crippen LogP contribution < -0.4 is 5.14 Å². The lowest BCUT2D eigenvalue weighted by molar-refractivity contribution is 0.424. The van der Waals surface area contributed by atoms with Crippen molar-refractivity contribution in [1.29, 1.82) is 0 Å². The van der Waals surface area contributed by atoms with Gasteiger partial charge < -0.3 is 4.52 Å². The molecule has 0 saturated carbocycles. The molecule has 25 heavy (non-hydrogen) atoms. The first-order valence-corrected chi connectivity index (χ1v) is 9.24. The van der Waals surface area contributed by atoms with E-state index in [0.29, 0.717) is 34.6 Å². The maximum Gasteiger partial charge on any atom is 0.238 e. The standard InChI is InChI=1S/C18H17FN2O3S/c1-3-16-17(12-6-8-14(9-7-12)25(20,22)23)18(24-21-16)13-5-4-11(2)15(19)10-13/h4-10H,3H2,1-2H3,(H2,20,22,23). The van der Waals surface area contributed by atoms with Crippen LogP contribution in [-0.4, -0.2) is 13.6 Å². The largest absolute Gasteiger partial charge is 0.355 e. The van der Waals surface area contributed by atoms with Gasteiger partial charge in [0.05, 0.1) is 16.2 Å². The van der Waals surface area contributed by atoms with E-state index >= 15 is 0 Å². The van der Waals surface area contributed by atoms with Crippen molar-refractivity contribution in [1.82, 2.24) is 5.16 Å². The van der Waals surface area contributed by atoms with Gasteiger partial charge in [0.25, 0.3) is 0 Å². The predicted octanol–water partition coefficient (Wildman–Crippen LogP) is 3.67. The van der Waals surface area contributed by atoms with E-state index in [1.54, 1.807) is 31.2 Å². The van der Waals surface area contributed by atoms with Gasteiger partial charge in [-0.25, -0.2) is 17.9 Å². The number of benzene rings is 2. The summed E-state index contributed by atoms with van der Waals surface area (Å²) < 4.78 is 42.2. The number of aryl methyl sites for hydroxylation is 2. The lowest BCUT2D eigenvalue weighted by Crippen LogP contribution is -2.11. The molecule has 0 aliphatic heterocycles. The van der Waals surface area contributed by atoms with Crippen LogP contribution in [0.1, 0.15) is 18.2 Å². The maximum absolute atomic E-state index is 13.9. The molecular weight excluding hydrogens is 343 g/mol. The second-order valence-electron chi connectivity index (χ2n) is 5.72. The monoisotopic (exact) mass is 360 g/mol. The van der Waals surface area contributed by atoms with E-state index in [9.17, 15) is 12.8 Å². The van der Waals surface area contributed by atoms with Crippen molar-refractivity contribution >= 4 is 10.0 Å². The van der Waals surface area contributed by atoms with E-state index in [0.717, 1.165) is 5.56 Å². The topological polar surface area (TPSA) is 86.2 Å². The maximum atomic E-state index is 13.9. The summed E-state index contributed by atoms with van der Waals surface area (Å²) in [5.74, 6) is 0.113. The first-order valence-electron chi connectivity index (χ1n) is 7.69. The zero-order valence-electron chi connectivity index (χ0n) is 13.8. The zero-order chi connectivity index (χ0) is 18.2. The van der Waals surface area contributed by atoms with Crippen molar-refractivity contribution < 1.29 is 17.3 Å². The molecule has 3 rings (SSSR count). The molecule has 3 aromatic rings. The Balaban J connectivity index is 2.15. The highest BCUT2D eigenvalue weighted by molar-refractivity contribution is 7.89. The van der Waals surface area contributed by atoms with Crippen LogP contribution in [0.4, 0.5) is 4.39 Å². The van der Waals surface area contributed by atoms with Crippen LogP contribution in [0, 0.1) is 12.7 Å². The summed E-state index contributed by atoms with van der Waals surface area (Å²) in [6, 6.07) is 11.0. The van der Waals surface area contributed by atoms with Crippen LogP contribution in [0.2, 0.25) is 0 Å². The van der Waals surface area contributed by atoms with Crippen LogP contribution >= 0.6 is 0 Å². The molecule has 5 nitrogen and oxygen atoms in total. The molecule has 0 amide bonds. The molecule has 0 aliphatic carbocycles. The van der Waals surface area contributed by atoms with Crippen LogP contribution in [0.5, 0.6) is 0 Å². The molecule has 0 bridgehead atoms. The van der Waals surface area contributed by atoms with E-state index in [1.807, 2.05) is 6.92 Å². The SMILES string of the molecule is CCc1noc(-c2ccc(C)c(F)c2)c1-c1ccc(S(N)(=O)=O)cc1. The van der Waals surface area contributed by atoms with E-state index in [2.05, 4.69) is 5.16 Å². The van der Waals surface area contributed by atoms with Crippen molar-refractivity contribution in [3.63, 3.8) is 0 Å². The number of halogens is 1. The van der Waals surface area contributed by atoms with Crippen LogP contribution in [0.25, 0.3) is 22.5 Å². The fourth-order valence-electron chi connectivity index (χ4n) is 2.60. The normalized spacial score (nSPS) is 11.7. The summed E-state index contributed by atoms with van der Waals surface area (Å²) in [4.78, 5) is 0.0219. The molecule has 0 unspecified atom stereocenters. The van der Waals surface area contributed by atoms with Gasteiger partial charge in [0, 0.05) is 5.56 Å². The second kappa shape index (κ2) is 6.42. The first kappa shape index (κ1) is 17.3. The van der Waals surface area contributed by atoms with E-state index in [-0.39, 0.29) is 10.7 Å². The fraction of sp³-hybridized carbons (Fsp3) is 0.167. The molecule has 0 aliphatic rings. The van der Waals surface area contributed by atoms with Crippen LogP contribution in [-0.2, 0) is 16.4 Å². The fourth-order valence-corrected chi connectivity index (χ4v) is 3.12. The van der Waals surface area contributed by atoms with Crippen molar-refractivity contribution in [3.05, 3.63) is 59.5 Å². The van der Waals surface area contributed by atoms with Crippen molar-refractivity contribution in [2.75, 3.05) is 0 Å². The quantitative estimate of drug-likeness (QED) is 0.769. The molecule has 1 heterocycles. The number of aromatic nitrogens is 1. The number of hydrogen-bond acceptors (Lipinski definition) is 4. The Morgan fingerprint density at radius 1 is 1.12 bits per heavy atom. The molecule has 0 radical (unpaired) electrons. The second-order valence-corrected chi connectivity index (χ2v) is 7.28. The number of hydrogen-bond donors (Lipinski definition) is 1. The minimum Gasteiger partial charge on any atom is -0.355 e. The number of nitrogens with zero attached hydrogens (tertiary/aromatic N) is 1. The average Bonchev–Trinajstić information content (AvgIpc) is 3.00. The third-order valence-corrected chi connectivity index (χ3v) is 4.93.